The van der Waals surface area contributed by atoms with Gasteiger partial charge < -0.3 is 24.4 Å². The van der Waals surface area contributed by atoms with Crippen LogP contribution < -0.4 is 5.32 Å². The molecule has 2 amide bonds. The molecule has 0 aromatic heterocycles. The molecule has 0 bridgehead atoms. The van der Waals surface area contributed by atoms with E-state index in [2.05, 4.69) is 5.32 Å². The van der Waals surface area contributed by atoms with Crippen molar-refractivity contribution in [1.29, 1.82) is 0 Å². The molecule has 0 radical (unpaired) electrons. The lowest BCUT2D eigenvalue weighted by atomic mass is 9.96. The van der Waals surface area contributed by atoms with E-state index in [4.69, 9.17) is 14.2 Å². The number of hydrogen-bond acceptors (Lipinski definition) is 6. The topological polar surface area (TPSA) is 94.2 Å². The molecule has 1 aliphatic rings. The van der Waals surface area contributed by atoms with Gasteiger partial charge in [-0.05, 0) is 45.6 Å². The minimum Gasteiger partial charge on any atom is -0.467 e. The summed E-state index contributed by atoms with van der Waals surface area (Å²) in [5, 5.41) is 2.57. The molecule has 1 aromatic rings. The van der Waals surface area contributed by atoms with Crippen LogP contribution in [0.5, 0.6) is 0 Å². The molecule has 0 saturated carbocycles. The van der Waals surface area contributed by atoms with Gasteiger partial charge in [-0.15, -0.1) is 0 Å². The number of carbonyl (C=O) groups excluding carboxylic acids is 3. The number of alkyl carbamates (subject to hydrolysis) is 1. The second-order valence-electron chi connectivity index (χ2n) is 7.94. The number of rotatable bonds is 5. The molecule has 160 valence electrons. The van der Waals surface area contributed by atoms with Crippen molar-refractivity contribution in [3.05, 3.63) is 35.9 Å². The first-order chi connectivity index (χ1) is 13.7. The first kappa shape index (κ1) is 22.5. The minimum absolute atomic E-state index is 0.0704. The van der Waals surface area contributed by atoms with Gasteiger partial charge in [-0.25, -0.2) is 14.4 Å². The summed E-state index contributed by atoms with van der Waals surface area (Å²) in [7, 11) is 1.24. The van der Waals surface area contributed by atoms with Gasteiger partial charge in [-0.1, -0.05) is 30.3 Å². The van der Waals surface area contributed by atoms with Crippen LogP contribution in [-0.4, -0.2) is 54.4 Å². The molecule has 2 atom stereocenters. The van der Waals surface area contributed by atoms with Crippen LogP contribution in [0, 0.1) is 0 Å². The summed E-state index contributed by atoms with van der Waals surface area (Å²) in [4.78, 5) is 38.9. The fraction of sp³-hybridized carbons (Fsp3) is 0.571. The third kappa shape index (κ3) is 6.96. The number of carbonyl (C=O) groups is 3. The maximum Gasteiger partial charge on any atom is 0.410 e. The number of methoxy groups -OCH3 is 1. The Labute approximate surface area is 171 Å². The van der Waals surface area contributed by atoms with E-state index in [1.807, 2.05) is 30.3 Å². The van der Waals surface area contributed by atoms with Gasteiger partial charge in [-0.2, -0.15) is 0 Å². The third-order valence-electron chi connectivity index (χ3n) is 4.50. The molecule has 8 nitrogen and oxygen atoms in total. The summed E-state index contributed by atoms with van der Waals surface area (Å²) >= 11 is 0. The lowest BCUT2D eigenvalue weighted by Crippen LogP contribution is -2.59. The Morgan fingerprint density at radius 2 is 1.86 bits per heavy atom. The summed E-state index contributed by atoms with van der Waals surface area (Å²) in [6.45, 7) is 5.84. The maximum absolute atomic E-state index is 12.6. The number of hydrogen-bond donors (Lipinski definition) is 1. The number of ether oxygens (including phenoxy) is 3. The van der Waals surface area contributed by atoms with Crippen LogP contribution in [0.2, 0.25) is 0 Å². The number of benzene rings is 1. The van der Waals surface area contributed by atoms with Crippen molar-refractivity contribution in [2.75, 3.05) is 13.7 Å². The molecule has 1 aliphatic heterocycles. The fourth-order valence-electron chi connectivity index (χ4n) is 3.18. The highest BCUT2D eigenvalue weighted by atomic mass is 16.6. The smallest absolute Gasteiger partial charge is 0.410 e. The summed E-state index contributed by atoms with van der Waals surface area (Å²) in [5.74, 6) is -0.637. The van der Waals surface area contributed by atoms with Crippen molar-refractivity contribution < 1.29 is 28.6 Å². The molecule has 0 unspecified atom stereocenters. The van der Waals surface area contributed by atoms with E-state index in [1.165, 1.54) is 12.0 Å². The standard InChI is InChI=1S/C21H30N2O6/c1-21(2,3)29-20(26)23-13-9-8-12-16(23)17(18(24)27-4)22-19(25)28-14-15-10-6-5-7-11-15/h5-7,10-11,16-17H,8-9,12-14H2,1-4H3,(H,22,25)/t16-,17-/m1/s1. The van der Waals surface area contributed by atoms with E-state index in [-0.39, 0.29) is 6.61 Å². The van der Waals surface area contributed by atoms with Gasteiger partial charge in [0.1, 0.15) is 12.2 Å². The number of amides is 2. The SMILES string of the molecule is COC(=O)[C@H](NC(=O)OCc1ccccc1)[C@H]1CCCCN1C(=O)OC(C)(C)C. The molecular formula is C21H30N2O6. The number of nitrogens with one attached hydrogen (secondary N) is 1. The van der Waals surface area contributed by atoms with Crippen LogP contribution >= 0.6 is 0 Å². The van der Waals surface area contributed by atoms with Crippen LogP contribution in [0.3, 0.4) is 0 Å². The Hall–Kier alpha value is -2.77. The highest BCUT2D eigenvalue weighted by Crippen LogP contribution is 2.23. The van der Waals surface area contributed by atoms with Crippen molar-refractivity contribution in [3.63, 3.8) is 0 Å². The summed E-state index contributed by atoms with van der Waals surface area (Å²) in [6.07, 6.45) is 0.882. The van der Waals surface area contributed by atoms with Gasteiger partial charge in [0, 0.05) is 6.54 Å². The molecule has 29 heavy (non-hydrogen) atoms. The van der Waals surface area contributed by atoms with E-state index >= 15 is 0 Å². The zero-order chi connectivity index (χ0) is 21.4. The number of likely N-dealkylation sites (tertiary alicyclic amines) is 1. The number of nitrogens with zero attached hydrogens (tertiary/aromatic N) is 1. The quantitative estimate of drug-likeness (QED) is 0.596. The molecule has 1 N–H and O–H groups in total. The van der Waals surface area contributed by atoms with Crippen molar-refractivity contribution in [1.82, 2.24) is 10.2 Å². The molecule has 1 saturated heterocycles. The Bertz CT molecular complexity index is 701. The van der Waals surface area contributed by atoms with Crippen LogP contribution in [-0.2, 0) is 25.6 Å². The molecule has 1 aromatic carbocycles. The van der Waals surface area contributed by atoms with Gasteiger partial charge in [0.25, 0.3) is 0 Å². The fourth-order valence-corrected chi connectivity index (χ4v) is 3.18. The Balaban J connectivity index is 2.08. The molecular weight excluding hydrogens is 376 g/mol. The molecule has 0 spiro atoms. The predicted molar refractivity (Wildman–Crippen MR) is 106 cm³/mol. The molecule has 1 fully saturated rings. The van der Waals surface area contributed by atoms with E-state index < -0.39 is 35.8 Å². The summed E-state index contributed by atoms with van der Waals surface area (Å²) < 4.78 is 15.6. The maximum atomic E-state index is 12.6. The van der Waals surface area contributed by atoms with Gasteiger partial charge in [-0.3, -0.25) is 0 Å². The first-order valence-corrected chi connectivity index (χ1v) is 9.76. The zero-order valence-electron chi connectivity index (χ0n) is 17.5. The highest BCUT2D eigenvalue weighted by Gasteiger charge is 2.40. The second-order valence-corrected chi connectivity index (χ2v) is 7.94. The number of esters is 1. The predicted octanol–water partition coefficient (Wildman–Crippen LogP) is 3.24. The van der Waals surface area contributed by atoms with Crippen molar-refractivity contribution in [2.24, 2.45) is 0 Å². The van der Waals surface area contributed by atoms with E-state index in [0.29, 0.717) is 13.0 Å². The third-order valence-corrected chi connectivity index (χ3v) is 4.50. The van der Waals surface area contributed by atoms with E-state index in [9.17, 15) is 14.4 Å². The molecule has 8 heteroatoms. The monoisotopic (exact) mass is 406 g/mol. The summed E-state index contributed by atoms with van der Waals surface area (Å²) in [5.41, 5.74) is 0.160. The van der Waals surface area contributed by atoms with Gasteiger partial charge in [0.05, 0.1) is 13.2 Å². The first-order valence-electron chi connectivity index (χ1n) is 9.76. The van der Waals surface area contributed by atoms with Crippen molar-refractivity contribution in [2.45, 2.75) is 64.3 Å². The average Bonchev–Trinajstić information content (AvgIpc) is 2.69. The van der Waals surface area contributed by atoms with Crippen molar-refractivity contribution in [3.8, 4) is 0 Å². The molecule has 0 aliphatic carbocycles. The molecule has 2 rings (SSSR count). The van der Waals surface area contributed by atoms with Crippen molar-refractivity contribution >= 4 is 18.2 Å². The minimum atomic E-state index is -1.05. The van der Waals surface area contributed by atoms with Gasteiger partial charge >= 0.3 is 18.2 Å². The Morgan fingerprint density at radius 3 is 2.48 bits per heavy atom. The van der Waals surface area contributed by atoms with Gasteiger partial charge in [0.15, 0.2) is 6.04 Å². The number of piperidine rings is 1. The summed E-state index contributed by atoms with van der Waals surface area (Å²) in [6, 6.07) is 7.59. The lowest BCUT2D eigenvalue weighted by molar-refractivity contribution is -0.145. The van der Waals surface area contributed by atoms with Crippen LogP contribution in [0.1, 0.15) is 45.6 Å². The van der Waals surface area contributed by atoms with E-state index in [0.717, 1.165) is 18.4 Å². The Morgan fingerprint density at radius 1 is 1.17 bits per heavy atom. The Kier molecular flexibility index (Phi) is 7.87. The molecule has 1 heterocycles. The van der Waals surface area contributed by atoms with Gasteiger partial charge in [0.2, 0.25) is 0 Å². The largest absolute Gasteiger partial charge is 0.467 e. The van der Waals surface area contributed by atoms with Crippen LogP contribution in [0.4, 0.5) is 9.59 Å². The van der Waals surface area contributed by atoms with E-state index in [1.54, 1.807) is 20.8 Å². The normalized spacial score (nSPS) is 17.8. The second kappa shape index (κ2) is 10.1. The zero-order valence-corrected chi connectivity index (χ0v) is 17.5. The highest BCUT2D eigenvalue weighted by molar-refractivity contribution is 5.83. The van der Waals surface area contributed by atoms with Crippen LogP contribution in [0.15, 0.2) is 30.3 Å². The lowest BCUT2D eigenvalue weighted by Gasteiger charge is -2.39. The average molecular weight is 406 g/mol. The van der Waals surface area contributed by atoms with Crippen LogP contribution in [0.25, 0.3) is 0 Å².